The van der Waals surface area contributed by atoms with E-state index in [0.29, 0.717) is 10.2 Å². The SMILES string of the molecule is COc1cc(C(=O)O)cc(Br)c1OCC#N. The molecule has 84 valence electrons. The van der Waals surface area contributed by atoms with Crippen molar-refractivity contribution in [3.63, 3.8) is 0 Å². The normalized spacial score (nSPS) is 9.31. The van der Waals surface area contributed by atoms with Crippen LogP contribution in [0.3, 0.4) is 0 Å². The molecule has 0 aliphatic rings. The van der Waals surface area contributed by atoms with Crippen molar-refractivity contribution in [1.82, 2.24) is 0 Å². The van der Waals surface area contributed by atoms with Crippen LogP contribution in [-0.4, -0.2) is 24.8 Å². The highest BCUT2D eigenvalue weighted by Crippen LogP contribution is 2.36. The highest BCUT2D eigenvalue weighted by Gasteiger charge is 2.14. The van der Waals surface area contributed by atoms with Crippen molar-refractivity contribution in [1.29, 1.82) is 5.26 Å². The third-order valence-electron chi connectivity index (χ3n) is 1.76. The minimum absolute atomic E-state index is 0.0769. The van der Waals surface area contributed by atoms with Crippen LogP contribution in [-0.2, 0) is 0 Å². The van der Waals surface area contributed by atoms with Crippen molar-refractivity contribution in [2.75, 3.05) is 13.7 Å². The van der Waals surface area contributed by atoms with Gasteiger partial charge in [-0.1, -0.05) is 0 Å². The monoisotopic (exact) mass is 285 g/mol. The summed E-state index contributed by atoms with van der Waals surface area (Å²) in [7, 11) is 1.40. The first-order valence-corrected chi connectivity index (χ1v) is 5.00. The van der Waals surface area contributed by atoms with Crippen molar-refractivity contribution in [2.45, 2.75) is 0 Å². The molecule has 0 aliphatic carbocycles. The van der Waals surface area contributed by atoms with E-state index >= 15 is 0 Å². The second-order valence-corrected chi connectivity index (χ2v) is 3.60. The predicted molar refractivity (Wildman–Crippen MR) is 58.8 cm³/mol. The zero-order valence-corrected chi connectivity index (χ0v) is 9.94. The number of hydrogen-bond acceptors (Lipinski definition) is 4. The topological polar surface area (TPSA) is 79.6 Å². The summed E-state index contributed by atoms with van der Waals surface area (Å²) in [5.74, 6) is -0.484. The number of nitrogens with zero attached hydrogens (tertiary/aromatic N) is 1. The molecule has 0 bridgehead atoms. The van der Waals surface area contributed by atoms with Crippen molar-refractivity contribution >= 4 is 21.9 Å². The number of benzene rings is 1. The molecule has 6 heteroatoms. The fourth-order valence-electron chi connectivity index (χ4n) is 1.09. The molecule has 0 aliphatic heterocycles. The van der Waals surface area contributed by atoms with E-state index in [1.807, 2.05) is 6.07 Å². The lowest BCUT2D eigenvalue weighted by molar-refractivity contribution is 0.0696. The van der Waals surface area contributed by atoms with Crippen LogP contribution in [0.4, 0.5) is 0 Å². The Balaban J connectivity index is 3.18. The van der Waals surface area contributed by atoms with Crippen LogP contribution >= 0.6 is 15.9 Å². The van der Waals surface area contributed by atoms with Crippen LogP contribution in [0, 0.1) is 11.3 Å². The molecule has 1 aromatic rings. The summed E-state index contributed by atoms with van der Waals surface area (Å²) in [5, 5.41) is 17.2. The van der Waals surface area contributed by atoms with E-state index in [0.717, 1.165) is 0 Å². The average Bonchev–Trinajstić information content (AvgIpc) is 2.26. The van der Waals surface area contributed by atoms with Gasteiger partial charge in [-0.05, 0) is 28.1 Å². The van der Waals surface area contributed by atoms with Crippen molar-refractivity contribution in [2.24, 2.45) is 0 Å². The smallest absolute Gasteiger partial charge is 0.335 e. The summed E-state index contributed by atoms with van der Waals surface area (Å²) >= 11 is 3.16. The summed E-state index contributed by atoms with van der Waals surface area (Å²) in [4.78, 5) is 10.8. The van der Waals surface area contributed by atoms with E-state index in [1.54, 1.807) is 0 Å². The third-order valence-corrected chi connectivity index (χ3v) is 2.35. The van der Waals surface area contributed by atoms with Crippen LogP contribution < -0.4 is 9.47 Å². The summed E-state index contributed by atoms with van der Waals surface area (Å²) in [6.45, 7) is -0.138. The molecular weight excluding hydrogens is 278 g/mol. The Bertz CT molecular complexity index is 453. The quantitative estimate of drug-likeness (QED) is 0.916. The fraction of sp³-hybridized carbons (Fsp3) is 0.200. The van der Waals surface area contributed by atoms with Crippen LogP contribution in [0.25, 0.3) is 0 Å². The Hall–Kier alpha value is -1.74. The minimum atomic E-state index is -1.06. The van der Waals surface area contributed by atoms with E-state index in [1.165, 1.54) is 19.2 Å². The van der Waals surface area contributed by atoms with Crippen LogP contribution in [0.2, 0.25) is 0 Å². The third kappa shape index (κ3) is 2.64. The molecule has 0 heterocycles. The van der Waals surface area contributed by atoms with Gasteiger partial charge in [0.1, 0.15) is 6.07 Å². The molecule has 5 nitrogen and oxygen atoms in total. The average molecular weight is 286 g/mol. The van der Waals surface area contributed by atoms with Crippen LogP contribution in [0.1, 0.15) is 10.4 Å². The Morgan fingerprint density at radius 1 is 1.62 bits per heavy atom. The van der Waals surface area contributed by atoms with Gasteiger partial charge in [0.25, 0.3) is 0 Å². The minimum Gasteiger partial charge on any atom is -0.493 e. The largest absolute Gasteiger partial charge is 0.493 e. The van der Waals surface area contributed by atoms with E-state index < -0.39 is 5.97 Å². The highest BCUT2D eigenvalue weighted by molar-refractivity contribution is 9.10. The molecule has 0 unspecified atom stereocenters. The van der Waals surface area contributed by atoms with Crippen molar-refractivity contribution < 1.29 is 19.4 Å². The number of carboxylic acid groups (broad SMARTS) is 1. The van der Waals surface area contributed by atoms with Gasteiger partial charge < -0.3 is 14.6 Å². The molecule has 0 saturated heterocycles. The summed E-state index contributed by atoms with van der Waals surface area (Å²) in [6.07, 6.45) is 0. The van der Waals surface area contributed by atoms with Crippen molar-refractivity contribution in [3.8, 4) is 17.6 Å². The molecule has 0 spiro atoms. The van der Waals surface area contributed by atoms with Gasteiger partial charge in [-0.15, -0.1) is 0 Å². The van der Waals surface area contributed by atoms with Gasteiger partial charge in [0.2, 0.25) is 0 Å². The number of ether oxygens (including phenoxy) is 2. The number of carboxylic acids is 1. The molecular formula is C10H8BrNO4. The number of nitriles is 1. The molecule has 0 atom stereocenters. The van der Waals surface area contributed by atoms with Crippen molar-refractivity contribution in [3.05, 3.63) is 22.2 Å². The van der Waals surface area contributed by atoms with E-state index in [4.69, 9.17) is 19.8 Å². The number of carbonyl (C=O) groups is 1. The Labute approximate surface area is 100 Å². The Morgan fingerprint density at radius 2 is 2.31 bits per heavy atom. The number of halogens is 1. The lowest BCUT2D eigenvalue weighted by Crippen LogP contribution is -2.02. The molecule has 1 aromatic carbocycles. The molecule has 0 saturated carbocycles. The maximum Gasteiger partial charge on any atom is 0.335 e. The first-order chi connectivity index (χ1) is 7.60. The molecule has 16 heavy (non-hydrogen) atoms. The Kier molecular flexibility index (Phi) is 4.14. The van der Waals surface area contributed by atoms with Gasteiger partial charge in [-0.3, -0.25) is 0 Å². The standard InChI is InChI=1S/C10H8BrNO4/c1-15-8-5-6(10(13)14)4-7(11)9(8)16-3-2-12/h4-5H,3H2,1H3,(H,13,14). The van der Waals surface area contributed by atoms with E-state index in [2.05, 4.69) is 15.9 Å². The highest BCUT2D eigenvalue weighted by atomic mass is 79.9. The van der Waals surface area contributed by atoms with Crippen LogP contribution in [0.15, 0.2) is 16.6 Å². The number of hydrogen-bond donors (Lipinski definition) is 1. The first-order valence-electron chi connectivity index (χ1n) is 4.20. The van der Waals surface area contributed by atoms with Gasteiger partial charge in [-0.2, -0.15) is 5.26 Å². The summed E-state index contributed by atoms with van der Waals surface area (Å²) < 4.78 is 10.5. The number of aromatic carboxylic acids is 1. The van der Waals surface area contributed by atoms with Gasteiger partial charge in [0.05, 0.1) is 17.1 Å². The molecule has 0 fully saturated rings. The second-order valence-electron chi connectivity index (χ2n) is 2.74. The van der Waals surface area contributed by atoms with E-state index in [9.17, 15) is 4.79 Å². The van der Waals surface area contributed by atoms with Crippen LogP contribution in [0.5, 0.6) is 11.5 Å². The van der Waals surface area contributed by atoms with Gasteiger partial charge in [-0.25, -0.2) is 4.79 Å². The predicted octanol–water partition coefficient (Wildman–Crippen LogP) is 2.06. The molecule has 0 amide bonds. The lowest BCUT2D eigenvalue weighted by atomic mass is 10.2. The summed E-state index contributed by atoms with van der Waals surface area (Å²) in [5.41, 5.74) is 0.0769. The molecule has 0 radical (unpaired) electrons. The van der Waals surface area contributed by atoms with Gasteiger partial charge >= 0.3 is 5.97 Å². The zero-order chi connectivity index (χ0) is 12.1. The number of methoxy groups -OCH3 is 1. The molecule has 0 aromatic heterocycles. The summed E-state index contributed by atoms with van der Waals surface area (Å²) in [6, 6.07) is 4.54. The first kappa shape index (κ1) is 12.3. The number of rotatable bonds is 4. The second kappa shape index (κ2) is 5.37. The Morgan fingerprint density at radius 3 is 2.81 bits per heavy atom. The maximum atomic E-state index is 10.8. The fourth-order valence-corrected chi connectivity index (χ4v) is 1.64. The lowest BCUT2D eigenvalue weighted by Gasteiger charge is -2.11. The zero-order valence-electron chi connectivity index (χ0n) is 8.36. The molecule has 1 N–H and O–H groups in total. The van der Waals surface area contributed by atoms with Gasteiger partial charge in [0, 0.05) is 0 Å². The van der Waals surface area contributed by atoms with E-state index in [-0.39, 0.29) is 17.9 Å². The molecule has 1 rings (SSSR count). The van der Waals surface area contributed by atoms with Gasteiger partial charge in [0.15, 0.2) is 18.1 Å². The maximum absolute atomic E-state index is 10.8.